The van der Waals surface area contributed by atoms with E-state index in [0.29, 0.717) is 29.7 Å². The van der Waals surface area contributed by atoms with Crippen molar-refractivity contribution in [3.05, 3.63) is 65.2 Å². The van der Waals surface area contributed by atoms with Crippen molar-refractivity contribution in [2.24, 2.45) is 0 Å². The summed E-state index contributed by atoms with van der Waals surface area (Å²) >= 11 is 0. The first-order valence-corrected chi connectivity index (χ1v) is 9.67. The Bertz CT molecular complexity index is 801. The molecule has 0 heterocycles. The lowest BCUT2D eigenvalue weighted by atomic mass is 10.0. The average molecular weight is 387 g/mol. The van der Waals surface area contributed by atoms with E-state index in [1.807, 2.05) is 0 Å². The van der Waals surface area contributed by atoms with Gasteiger partial charge in [0, 0.05) is 38.1 Å². The SMILES string of the molecule is CN(C)c1cc(C(=O)CCCCCCCC(=O)c2ccc(F)cc2)ccc1F. The molecule has 0 aliphatic heterocycles. The summed E-state index contributed by atoms with van der Waals surface area (Å²) in [5.74, 6) is -0.626. The molecule has 0 unspecified atom stereocenters. The molecule has 2 aromatic carbocycles. The Kier molecular flexibility index (Phi) is 8.30. The molecule has 150 valence electrons. The molecule has 0 spiro atoms. The molecule has 2 aromatic rings. The minimum absolute atomic E-state index is 0.0228. The number of benzene rings is 2. The number of ketones is 2. The molecule has 0 aliphatic carbocycles. The van der Waals surface area contributed by atoms with Gasteiger partial charge in [-0.2, -0.15) is 0 Å². The van der Waals surface area contributed by atoms with Crippen LogP contribution < -0.4 is 4.90 Å². The zero-order valence-electron chi connectivity index (χ0n) is 16.5. The smallest absolute Gasteiger partial charge is 0.162 e. The summed E-state index contributed by atoms with van der Waals surface area (Å²) in [5, 5.41) is 0. The van der Waals surface area contributed by atoms with Crippen LogP contribution >= 0.6 is 0 Å². The second-order valence-corrected chi connectivity index (χ2v) is 7.18. The summed E-state index contributed by atoms with van der Waals surface area (Å²) in [5.41, 5.74) is 1.50. The molecule has 0 aromatic heterocycles. The molecule has 0 aliphatic rings. The number of hydrogen-bond acceptors (Lipinski definition) is 3. The number of carbonyl (C=O) groups is 2. The molecule has 28 heavy (non-hydrogen) atoms. The van der Waals surface area contributed by atoms with E-state index < -0.39 is 0 Å². The molecule has 0 amide bonds. The number of anilines is 1. The van der Waals surface area contributed by atoms with Gasteiger partial charge in [0.05, 0.1) is 5.69 Å². The van der Waals surface area contributed by atoms with E-state index in [1.54, 1.807) is 25.1 Å². The number of rotatable bonds is 11. The highest BCUT2D eigenvalue weighted by atomic mass is 19.1. The number of hydrogen-bond donors (Lipinski definition) is 0. The van der Waals surface area contributed by atoms with Crippen LogP contribution in [0.25, 0.3) is 0 Å². The molecule has 0 atom stereocenters. The molecular weight excluding hydrogens is 360 g/mol. The highest BCUT2D eigenvalue weighted by molar-refractivity contribution is 5.97. The molecule has 0 fully saturated rings. The van der Waals surface area contributed by atoms with Crippen molar-refractivity contribution in [1.82, 2.24) is 0 Å². The maximum Gasteiger partial charge on any atom is 0.162 e. The summed E-state index contributed by atoms with van der Waals surface area (Å²) in [6, 6.07) is 10.1. The molecular formula is C23H27F2NO2. The quantitative estimate of drug-likeness (QED) is 0.360. The molecule has 2 rings (SSSR count). The standard InChI is InChI=1S/C23H27F2NO2/c1-26(2)21-16-18(12-15-20(21)25)23(28)9-7-5-3-4-6-8-22(27)17-10-13-19(24)14-11-17/h10-16H,3-9H2,1-2H3. The Morgan fingerprint density at radius 2 is 1.25 bits per heavy atom. The van der Waals surface area contributed by atoms with Crippen LogP contribution in [-0.4, -0.2) is 25.7 Å². The van der Waals surface area contributed by atoms with Crippen molar-refractivity contribution in [1.29, 1.82) is 0 Å². The third-order valence-electron chi connectivity index (χ3n) is 4.72. The molecule has 0 radical (unpaired) electrons. The zero-order chi connectivity index (χ0) is 20.5. The highest BCUT2D eigenvalue weighted by Crippen LogP contribution is 2.20. The maximum atomic E-state index is 13.7. The van der Waals surface area contributed by atoms with Gasteiger partial charge in [-0.05, 0) is 55.3 Å². The molecule has 3 nitrogen and oxygen atoms in total. The Morgan fingerprint density at radius 3 is 1.82 bits per heavy atom. The van der Waals surface area contributed by atoms with E-state index in [9.17, 15) is 18.4 Å². The van der Waals surface area contributed by atoms with Crippen LogP contribution in [-0.2, 0) is 0 Å². The van der Waals surface area contributed by atoms with Crippen LogP contribution in [0.1, 0.15) is 65.7 Å². The van der Waals surface area contributed by atoms with Gasteiger partial charge in [0.25, 0.3) is 0 Å². The van der Waals surface area contributed by atoms with Gasteiger partial charge in [-0.15, -0.1) is 0 Å². The molecule has 5 heteroatoms. The van der Waals surface area contributed by atoms with Gasteiger partial charge < -0.3 is 4.90 Å². The van der Waals surface area contributed by atoms with Crippen molar-refractivity contribution in [3.63, 3.8) is 0 Å². The molecule has 0 N–H and O–H groups in total. The van der Waals surface area contributed by atoms with Crippen LogP contribution in [0.15, 0.2) is 42.5 Å². The predicted octanol–water partition coefficient (Wildman–Crippen LogP) is 5.83. The highest BCUT2D eigenvalue weighted by Gasteiger charge is 2.11. The Morgan fingerprint density at radius 1 is 0.750 bits per heavy atom. The molecule has 0 saturated heterocycles. The van der Waals surface area contributed by atoms with Gasteiger partial charge >= 0.3 is 0 Å². The fraction of sp³-hybridized carbons (Fsp3) is 0.391. The van der Waals surface area contributed by atoms with E-state index in [-0.39, 0.29) is 23.2 Å². The molecule has 0 saturated carbocycles. The van der Waals surface area contributed by atoms with Crippen molar-refractivity contribution < 1.29 is 18.4 Å². The number of unbranched alkanes of at least 4 members (excludes halogenated alkanes) is 4. The lowest BCUT2D eigenvalue weighted by Crippen LogP contribution is -2.12. The van der Waals surface area contributed by atoms with Crippen LogP contribution in [0.2, 0.25) is 0 Å². The van der Waals surface area contributed by atoms with E-state index in [2.05, 4.69) is 0 Å². The van der Waals surface area contributed by atoms with Gasteiger partial charge in [0.1, 0.15) is 11.6 Å². The first kappa shape index (κ1) is 21.7. The van der Waals surface area contributed by atoms with E-state index in [1.165, 1.54) is 36.4 Å². The lowest BCUT2D eigenvalue weighted by Gasteiger charge is -2.14. The molecule has 0 bridgehead atoms. The van der Waals surface area contributed by atoms with Crippen molar-refractivity contribution >= 4 is 17.3 Å². The van der Waals surface area contributed by atoms with Crippen LogP contribution in [0.4, 0.5) is 14.5 Å². The van der Waals surface area contributed by atoms with Gasteiger partial charge in [-0.3, -0.25) is 9.59 Å². The largest absolute Gasteiger partial charge is 0.375 e. The van der Waals surface area contributed by atoms with E-state index in [0.717, 1.165) is 32.1 Å². The van der Waals surface area contributed by atoms with Crippen molar-refractivity contribution in [2.75, 3.05) is 19.0 Å². The van der Waals surface area contributed by atoms with Crippen molar-refractivity contribution in [3.8, 4) is 0 Å². The number of carbonyl (C=O) groups excluding carboxylic acids is 2. The third-order valence-corrected chi connectivity index (χ3v) is 4.72. The van der Waals surface area contributed by atoms with Crippen LogP contribution in [0.5, 0.6) is 0 Å². The minimum Gasteiger partial charge on any atom is -0.375 e. The monoisotopic (exact) mass is 387 g/mol. The summed E-state index contributed by atoms with van der Waals surface area (Å²) in [6.45, 7) is 0. The second kappa shape index (κ2) is 10.7. The summed E-state index contributed by atoms with van der Waals surface area (Å²) < 4.78 is 26.6. The van der Waals surface area contributed by atoms with Crippen molar-refractivity contribution in [2.45, 2.75) is 44.9 Å². The first-order valence-electron chi connectivity index (χ1n) is 9.67. The first-order chi connectivity index (χ1) is 13.4. The topological polar surface area (TPSA) is 37.4 Å². The average Bonchev–Trinajstić information content (AvgIpc) is 2.67. The predicted molar refractivity (Wildman–Crippen MR) is 108 cm³/mol. The zero-order valence-corrected chi connectivity index (χ0v) is 16.5. The summed E-state index contributed by atoms with van der Waals surface area (Å²) in [4.78, 5) is 25.9. The minimum atomic E-state index is -0.343. The number of Topliss-reactive ketones (excluding diaryl/α,β-unsaturated/α-hetero) is 2. The van der Waals surface area contributed by atoms with E-state index >= 15 is 0 Å². The lowest BCUT2D eigenvalue weighted by molar-refractivity contribution is 0.0973. The fourth-order valence-corrected chi connectivity index (χ4v) is 3.05. The number of nitrogens with zero attached hydrogens (tertiary/aromatic N) is 1. The second-order valence-electron chi connectivity index (χ2n) is 7.18. The summed E-state index contributed by atoms with van der Waals surface area (Å²) in [6.07, 6.45) is 5.24. The number of halogens is 2. The fourth-order valence-electron chi connectivity index (χ4n) is 3.05. The Hall–Kier alpha value is -2.56. The third kappa shape index (κ3) is 6.55. The van der Waals surface area contributed by atoms with Crippen LogP contribution in [0, 0.1) is 11.6 Å². The van der Waals surface area contributed by atoms with Gasteiger partial charge in [-0.1, -0.05) is 19.3 Å². The summed E-state index contributed by atoms with van der Waals surface area (Å²) in [7, 11) is 3.49. The van der Waals surface area contributed by atoms with E-state index in [4.69, 9.17) is 0 Å². The van der Waals surface area contributed by atoms with Gasteiger partial charge in [0.15, 0.2) is 11.6 Å². The Balaban J connectivity index is 1.64. The van der Waals surface area contributed by atoms with Gasteiger partial charge in [-0.25, -0.2) is 8.78 Å². The normalized spacial score (nSPS) is 10.7. The van der Waals surface area contributed by atoms with Gasteiger partial charge in [0.2, 0.25) is 0 Å². The Labute approximate surface area is 165 Å². The maximum absolute atomic E-state index is 13.7. The van der Waals surface area contributed by atoms with Crippen LogP contribution in [0.3, 0.4) is 0 Å².